The molecule has 1 aromatic heterocycles. The number of fused-ring (bicyclic) bond motifs is 1. The summed E-state index contributed by atoms with van der Waals surface area (Å²) in [5.74, 6) is 0. The van der Waals surface area contributed by atoms with Crippen LogP contribution in [-0.4, -0.2) is 4.98 Å². The van der Waals surface area contributed by atoms with Crippen LogP contribution in [0.3, 0.4) is 0 Å². The van der Waals surface area contributed by atoms with Crippen molar-refractivity contribution >= 4 is 44.8 Å². The van der Waals surface area contributed by atoms with Gasteiger partial charge in [0.15, 0.2) is 0 Å². The van der Waals surface area contributed by atoms with Crippen molar-refractivity contribution in [1.29, 1.82) is 0 Å². The molecule has 20 heavy (non-hydrogen) atoms. The number of hydrogen-bond donors (Lipinski definition) is 1. The Balaban J connectivity index is 1.66. The van der Waals surface area contributed by atoms with E-state index in [1.54, 1.807) is 17.4 Å². The molecule has 0 amide bonds. The summed E-state index contributed by atoms with van der Waals surface area (Å²) < 4.78 is 1.21. The van der Waals surface area contributed by atoms with Gasteiger partial charge in [0.05, 0.1) is 20.3 Å². The SMILES string of the molecule is Clc1cccc(CNCc2nc3ccccc3s2)c1Cl. The van der Waals surface area contributed by atoms with Crippen LogP contribution in [0.2, 0.25) is 10.0 Å². The molecule has 0 spiro atoms. The van der Waals surface area contributed by atoms with Gasteiger partial charge in [-0.05, 0) is 23.8 Å². The Morgan fingerprint density at radius 3 is 2.70 bits per heavy atom. The molecule has 0 aliphatic carbocycles. The molecule has 2 nitrogen and oxygen atoms in total. The molecular weight excluding hydrogens is 311 g/mol. The third kappa shape index (κ3) is 2.96. The van der Waals surface area contributed by atoms with Gasteiger partial charge in [0, 0.05) is 13.1 Å². The fourth-order valence-corrected chi connectivity index (χ4v) is 3.31. The summed E-state index contributed by atoms with van der Waals surface area (Å²) in [6, 6.07) is 13.8. The topological polar surface area (TPSA) is 24.9 Å². The standard InChI is InChI=1S/C15H12Cl2N2S/c16-11-5-3-4-10(15(11)17)8-18-9-14-19-12-6-1-2-7-13(12)20-14/h1-7,18H,8-9H2. The Morgan fingerprint density at radius 1 is 1.00 bits per heavy atom. The normalized spacial score (nSPS) is 11.1. The Labute approximate surface area is 131 Å². The molecule has 3 rings (SSSR count). The monoisotopic (exact) mass is 322 g/mol. The number of hydrogen-bond acceptors (Lipinski definition) is 3. The maximum atomic E-state index is 6.15. The lowest BCUT2D eigenvalue weighted by atomic mass is 10.2. The molecular formula is C15H12Cl2N2S. The van der Waals surface area contributed by atoms with Crippen LogP contribution in [0.1, 0.15) is 10.6 Å². The van der Waals surface area contributed by atoms with Crippen LogP contribution in [0.4, 0.5) is 0 Å². The summed E-state index contributed by atoms with van der Waals surface area (Å²) in [4.78, 5) is 4.58. The molecule has 0 radical (unpaired) electrons. The van der Waals surface area contributed by atoms with Gasteiger partial charge >= 0.3 is 0 Å². The van der Waals surface area contributed by atoms with Crippen molar-refractivity contribution in [2.75, 3.05) is 0 Å². The first kappa shape index (κ1) is 13.8. The number of para-hydroxylation sites is 1. The highest BCUT2D eigenvalue weighted by Crippen LogP contribution is 2.25. The van der Waals surface area contributed by atoms with Crippen LogP contribution in [0, 0.1) is 0 Å². The van der Waals surface area contributed by atoms with Crippen molar-refractivity contribution in [3.63, 3.8) is 0 Å². The summed E-state index contributed by atoms with van der Waals surface area (Å²) in [5, 5.41) is 5.63. The largest absolute Gasteiger partial charge is 0.306 e. The van der Waals surface area contributed by atoms with E-state index in [1.165, 1.54) is 4.70 Å². The van der Waals surface area contributed by atoms with E-state index in [0.29, 0.717) is 16.6 Å². The van der Waals surface area contributed by atoms with E-state index < -0.39 is 0 Å². The van der Waals surface area contributed by atoms with Gasteiger partial charge in [0.1, 0.15) is 5.01 Å². The summed E-state index contributed by atoms with van der Waals surface area (Å²) in [7, 11) is 0. The van der Waals surface area contributed by atoms with Gasteiger partial charge in [0.25, 0.3) is 0 Å². The molecule has 3 aromatic rings. The van der Waals surface area contributed by atoms with Gasteiger partial charge < -0.3 is 5.32 Å². The number of benzene rings is 2. The molecule has 2 aromatic carbocycles. The maximum Gasteiger partial charge on any atom is 0.108 e. The molecule has 0 saturated heterocycles. The minimum atomic E-state index is 0.589. The van der Waals surface area contributed by atoms with Crippen molar-refractivity contribution in [2.45, 2.75) is 13.1 Å². The lowest BCUT2D eigenvalue weighted by Crippen LogP contribution is -2.12. The van der Waals surface area contributed by atoms with Crippen LogP contribution in [0.25, 0.3) is 10.2 Å². The third-order valence-electron chi connectivity index (χ3n) is 2.96. The third-order valence-corrected chi connectivity index (χ3v) is 4.86. The molecule has 5 heteroatoms. The predicted octanol–water partition coefficient (Wildman–Crippen LogP) is 4.89. The number of nitrogens with one attached hydrogen (secondary N) is 1. The molecule has 0 fully saturated rings. The Bertz CT molecular complexity index is 707. The van der Waals surface area contributed by atoms with Gasteiger partial charge in [-0.1, -0.05) is 47.5 Å². The molecule has 0 unspecified atom stereocenters. The first-order valence-electron chi connectivity index (χ1n) is 6.22. The molecule has 1 N–H and O–H groups in total. The zero-order valence-corrected chi connectivity index (χ0v) is 12.9. The van der Waals surface area contributed by atoms with Crippen LogP contribution in [0.5, 0.6) is 0 Å². The molecule has 102 valence electrons. The van der Waals surface area contributed by atoms with Gasteiger partial charge in [-0.15, -0.1) is 11.3 Å². The molecule has 1 heterocycles. The van der Waals surface area contributed by atoms with Crippen molar-refractivity contribution < 1.29 is 0 Å². The summed E-state index contributed by atoms with van der Waals surface area (Å²) >= 11 is 13.9. The Kier molecular flexibility index (Phi) is 4.22. The highest BCUT2D eigenvalue weighted by atomic mass is 35.5. The summed E-state index contributed by atoms with van der Waals surface area (Å²) in [5.41, 5.74) is 2.05. The summed E-state index contributed by atoms with van der Waals surface area (Å²) in [6.07, 6.45) is 0. The number of nitrogens with zero attached hydrogens (tertiary/aromatic N) is 1. The first-order chi connectivity index (χ1) is 9.74. The lowest BCUT2D eigenvalue weighted by Gasteiger charge is -2.06. The van der Waals surface area contributed by atoms with Crippen LogP contribution < -0.4 is 5.32 Å². The minimum Gasteiger partial charge on any atom is -0.306 e. The van der Waals surface area contributed by atoms with Crippen molar-refractivity contribution in [3.05, 3.63) is 63.1 Å². The Morgan fingerprint density at radius 2 is 1.85 bits per heavy atom. The van der Waals surface area contributed by atoms with Crippen molar-refractivity contribution in [2.24, 2.45) is 0 Å². The highest BCUT2D eigenvalue weighted by Gasteiger charge is 2.05. The van der Waals surface area contributed by atoms with E-state index in [1.807, 2.05) is 30.3 Å². The number of halogens is 2. The van der Waals surface area contributed by atoms with Gasteiger partial charge in [-0.25, -0.2) is 4.98 Å². The summed E-state index contributed by atoms with van der Waals surface area (Å²) in [6.45, 7) is 1.40. The van der Waals surface area contributed by atoms with E-state index >= 15 is 0 Å². The van der Waals surface area contributed by atoms with Crippen LogP contribution in [-0.2, 0) is 13.1 Å². The first-order valence-corrected chi connectivity index (χ1v) is 7.79. The molecule has 0 atom stereocenters. The highest BCUT2D eigenvalue weighted by molar-refractivity contribution is 7.18. The quantitative estimate of drug-likeness (QED) is 0.739. The fraction of sp³-hybridized carbons (Fsp3) is 0.133. The second-order valence-electron chi connectivity index (χ2n) is 4.39. The zero-order chi connectivity index (χ0) is 13.9. The van der Waals surface area contributed by atoms with E-state index in [4.69, 9.17) is 23.2 Å². The lowest BCUT2D eigenvalue weighted by molar-refractivity contribution is 0.691. The van der Waals surface area contributed by atoms with Gasteiger partial charge in [-0.2, -0.15) is 0 Å². The predicted molar refractivity (Wildman–Crippen MR) is 86.6 cm³/mol. The maximum absolute atomic E-state index is 6.15. The average molecular weight is 323 g/mol. The second kappa shape index (κ2) is 6.10. The van der Waals surface area contributed by atoms with Crippen molar-refractivity contribution in [1.82, 2.24) is 10.3 Å². The number of rotatable bonds is 4. The zero-order valence-electron chi connectivity index (χ0n) is 10.6. The van der Waals surface area contributed by atoms with E-state index in [-0.39, 0.29) is 0 Å². The van der Waals surface area contributed by atoms with Crippen LogP contribution >= 0.6 is 34.5 Å². The smallest absolute Gasteiger partial charge is 0.108 e. The fourth-order valence-electron chi connectivity index (χ4n) is 1.98. The number of aromatic nitrogens is 1. The molecule has 0 aliphatic heterocycles. The van der Waals surface area contributed by atoms with Gasteiger partial charge in [-0.3, -0.25) is 0 Å². The van der Waals surface area contributed by atoms with Gasteiger partial charge in [0.2, 0.25) is 0 Å². The van der Waals surface area contributed by atoms with E-state index in [0.717, 1.165) is 22.6 Å². The minimum absolute atomic E-state index is 0.589. The molecule has 0 bridgehead atoms. The average Bonchev–Trinajstić information content (AvgIpc) is 2.86. The van der Waals surface area contributed by atoms with Crippen LogP contribution in [0.15, 0.2) is 42.5 Å². The van der Waals surface area contributed by atoms with Crippen molar-refractivity contribution in [3.8, 4) is 0 Å². The Hall–Kier alpha value is -1.13. The number of thiazole rings is 1. The molecule has 0 aliphatic rings. The molecule has 0 saturated carbocycles. The van der Waals surface area contributed by atoms with E-state index in [2.05, 4.69) is 16.4 Å². The van der Waals surface area contributed by atoms with E-state index in [9.17, 15) is 0 Å². The second-order valence-corrected chi connectivity index (χ2v) is 6.29.